The van der Waals surface area contributed by atoms with Crippen molar-refractivity contribution in [1.29, 1.82) is 0 Å². The van der Waals surface area contributed by atoms with Crippen molar-refractivity contribution in [3.8, 4) is 0 Å². The van der Waals surface area contributed by atoms with E-state index in [2.05, 4.69) is 10.2 Å². The van der Waals surface area contributed by atoms with Crippen molar-refractivity contribution in [2.24, 2.45) is 10.2 Å². The summed E-state index contributed by atoms with van der Waals surface area (Å²) in [5.74, 6) is -2.28. The Bertz CT molecular complexity index is 1060. The molecule has 0 heterocycles. The highest BCUT2D eigenvalue weighted by molar-refractivity contribution is 5.97. The van der Waals surface area contributed by atoms with Gasteiger partial charge in [0.25, 0.3) is 5.69 Å². The average Bonchev–Trinajstić information content (AvgIpc) is 2.72. The molecule has 0 fully saturated rings. The number of halogens is 6. The number of amides is 1. The van der Waals surface area contributed by atoms with Crippen LogP contribution in [0.15, 0.2) is 46.6 Å². The van der Waals surface area contributed by atoms with E-state index in [1.165, 1.54) is 18.2 Å². The molecule has 2 aromatic carbocycles. The number of alkyl halides is 6. The summed E-state index contributed by atoms with van der Waals surface area (Å²) in [5, 5.41) is 20.0. The Kier molecular flexibility index (Phi) is 7.61. The monoisotopic (exact) mass is 477 g/mol. The largest absolute Gasteiger partial charge is 0.471 e. The highest BCUT2D eigenvalue weighted by Gasteiger charge is 2.39. The third-order valence-electron chi connectivity index (χ3n) is 4.38. The maximum atomic E-state index is 12.8. The van der Waals surface area contributed by atoms with Gasteiger partial charge < -0.3 is 10.2 Å². The van der Waals surface area contributed by atoms with Crippen LogP contribution in [0.2, 0.25) is 0 Å². The minimum absolute atomic E-state index is 0.268. The third kappa shape index (κ3) is 6.40. The number of nitrogens with zero attached hydrogens (tertiary/aromatic N) is 4. The first-order valence-electron chi connectivity index (χ1n) is 9.32. The summed E-state index contributed by atoms with van der Waals surface area (Å²) >= 11 is 0. The molecule has 0 aromatic heterocycles. The van der Waals surface area contributed by atoms with Crippen LogP contribution in [0.3, 0.4) is 0 Å². The van der Waals surface area contributed by atoms with Crippen molar-refractivity contribution in [3.05, 3.63) is 52.1 Å². The zero-order valence-corrected chi connectivity index (χ0v) is 17.2. The minimum Gasteiger partial charge on any atom is -0.372 e. The predicted octanol–water partition coefficient (Wildman–Crippen LogP) is 6.38. The van der Waals surface area contributed by atoms with E-state index in [4.69, 9.17) is 0 Å². The van der Waals surface area contributed by atoms with Crippen LogP contribution in [0, 0.1) is 10.1 Å². The number of carbonyl (C=O) groups excluding carboxylic acids is 1. The van der Waals surface area contributed by atoms with Gasteiger partial charge in [0, 0.05) is 24.8 Å². The average molecular weight is 477 g/mol. The molecule has 0 aliphatic rings. The quantitative estimate of drug-likeness (QED) is 0.217. The van der Waals surface area contributed by atoms with Crippen LogP contribution >= 0.6 is 0 Å². The fourth-order valence-electron chi connectivity index (χ4n) is 2.73. The summed E-state index contributed by atoms with van der Waals surface area (Å²) in [6.45, 7) is 4.60. The van der Waals surface area contributed by atoms with E-state index in [-0.39, 0.29) is 17.4 Å². The highest BCUT2D eigenvalue weighted by atomic mass is 19.4. The van der Waals surface area contributed by atoms with Gasteiger partial charge in [-0.15, -0.1) is 10.2 Å². The van der Waals surface area contributed by atoms with E-state index in [0.717, 1.165) is 0 Å². The van der Waals surface area contributed by atoms with Gasteiger partial charge >= 0.3 is 18.3 Å². The number of hydrogen-bond acceptors (Lipinski definition) is 6. The van der Waals surface area contributed by atoms with Crippen LogP contribution in [-0.4, -0.2) is 30.1 Å². The van der Waals surface area contributed by atoms with E-state index in [1.54, 1.807) is 24.1 Å². The maximum absolute atomic E-state index is 12.8. The van der Waals surface area contributed by atoms with Crippen LogP contribution < -0.4 is 10.2 Å². The molecule has 0 aliphatic carbocycles. The summed E-state index contributed by atoms with van der Waals surface area (Å²) in [5.41, 5.74) is -3.08. The molecular formula is C19H17F6N5O3. The van der Waals surface area contributed by atoms with E-state index >= 15 is 0 Å². The lowest BCUT2D eigenvalue weighted by Crippen LogP contribution is -2.30. The van der Waals surface area contributed by atoms with Crippen LogP contribution in [0.4, 0.5) is 54.8 Å². The Labute approximate surface area is 183 Å². The molecule has 0 aliphatic heterocycles. The Hall–Kier alpha value is -3.71. The zero-order valence-electron chi connectivity index (χ0n) is 17.2. The highest BCUT2D eigenvalue weighted by Crippen LogP contribution is 2.38. The fourth-order valence-corrected chi connectivity index (χ4v) is 2.73. The first kappa shape index (κ1) is 25.5. The SMILES string of the molecule is CCN(CC)c1ccc(/N=N/c2ccc(C(F)(F)F)cc2[N+](=O)[O-])c(NC(=O)C(F)(F)F)c1. The number of hydrogen-bond donors (Lipinski definition) is 1. The Balaban J connectivity index is 2.53. The van der Waals surface area contributed by atoms with Gasteiger partial charge in [-0.3, -0.25) is 14.9 Å². The van der Waals surface area contributed by atoms with Crippen molar-refractivity contribution in [2.75, 3.05) is 23.3 Å². The van der Waals surface area contributed by atoms with Gasteiger partial charge in [-0.25, -0.2) is 0 Å². The van der Waals surface area contributed by atoms with Gasteiger partial charge in [-0.05, 0) is 44.2 Å². The van der Waals surface area contributed by atoms with E-state index < -0.39 is 40.1 Å². The number of rotatable bonds is 7. The number of carbonyl (C=O) groups is 1. The minimum atomic E-state index is -5.20. The smallest absolute Gasteiger partial charge is 0.372 e. The molecule has 2 rings (SSSR count). The van der Waals surface area contributed by atoms with Gasteiger partial charge in [0.05, 0.1) is 16.2 Å². The van der Waals surface area contributed by atoms with Crippen LogP contribution in [-0.2, 0) is 11.0 Å². The second-order valence-electron chi connectivity index (χ2n) is 6.48. The van der Waals surface area contributed by atoms with Crippen molar-refractivity contribution < 1.29 is 36.1 Å². The molecule has 1 N–H and O–H groups in total. The van der Waals surface area contributed by atoms with Crippen molar-refractivity contribution in [2.45, 2.75) is 26.2 Å². The molecule has 14 heteroatoms. The Morgan fingerprint density at radius 3 is 2.09 bits per heavy atom. The Morgan fingerprint density at radius 2 is 1.58 bits per heavy atom. The molecule has 0 saturated heterocycles. The lowest BCUT2D eigenvalue weighted by atomic mass is 10.1. The standard InChI is InChI=1S/C19H17F6N5O3/c1-3-29(4-2)12-6-8-13(15(10-12)26-17(31)19(23,24)25)27-28-14-7-5-11(18(20,21)22)9-16(14)30(32)33/h5-10H,3-4H2,1-2H3,(H,26,31)/b28-27+. The first-order valence-corrected chi connectivity index (χ1v) is 9.32. The zero-order chi connectivity index (χ0) is 25.0. The number of benzene rings is 2. The fraction of sp³-hybridized carbons (Fsp3) is 0.316. The third-order valence-corrected chi connectivity index (χ3v) is 4.38. The summed E-state index contributed by atoms with van der Waals surface area (Å²) in [4.78, 5) is 23.3. The Morgan fingerprint density at radius 1 is 1.00 bits per heavy atom. The van der Waals surface area contributed by atoms with Gasteiger partial charge in [-0.1, -0.05) is 0 Å². The number of nitro benzene ring substituents is 1. The summed E-state index contributed by atoms with van der Waals surface area (Å²) in [6.07, 6.45) is -10.0. The second kappa shape index (κ2) is 9.83. The van der Waals surface area contributed by atoms with Crippen molar-refractivity contribution in [1.82, 2.24) is 0 Å². The number of azo groups is 1. The van der Waals surface area contributed by atoms with Gasteiger partial charge in [0.2, 0.25) is 0 Å². The lowest BCUT2D eigenvalue weighted by molar-refractivity contribution is -0.384. The molecule has 178 valence electrons. The van der Waals surface area contributed by atoms with E-state index in [1.807, 2.05) is 0 Å². The van der Waals surface area contributed by atoms with Gasteiger partial charge in [0.15, 0.2) is 5.69 Å². The summed E-state index contributed by atoms with van der Waals surface area (Å²) in [6, 6.07) is 5.45. The molecule has 1 amide bonds. The summed E-state index contributed by atoms with van der Waals surface area (Å²) in [7, 11) is 0. The van der Waals surface area contributed by atoms with Gasteiger partial charge in [0.1, 0.15) is 5.69 Å². The predicted molar refractivity (Wildman–Crippen MR) is 107 cm³/mol. The second-order valence-corrected chi connectivity index (χ2v) is 6.48. The molecule has 8 nitrogen and oxygen atoms in total. The molecule has 33 heavy (non-hydrogen) atoms. The number of nitro groups is 1. The van der Waals surface area contributed by atoms with E-state index in [9.17, 15) is 41.3 Å². The molecule has 0 atom stereocenters. The van der Waals surface area contributed by atoms with Crippen LogP contribution in [0.1, 0.15) is 19.4 Å². The number of anilines is 2. The summed E-state index contributed by atoms with van der Waals surface area (Å²) < 4.78 is 76.7. The van der Waals surface area contributed by atoms with E-state index in [0.29, 0.717) is 30.9 Å². The molecule has 0 bridgehead atoms. The molecule has 2 aromatic rings. The molecule has 0 spiro atoms. The lowest BCUT2D eigenvalue weighted by Gasteiger charge is -2.22. The van der Waals surface area contributed by atoms with Crippen molar-refractivity contribution in [3.63, 3.8) is 0 Å². The number of nitrogens with one attached hydrogen (secondary N) is 1. The molecule has 0 unspecified atom stereocenters. The van der Waals surface area contributed by atoms with Crippen molar-refractivity contribution >= 4 is 34.3 Å². The maximum Gasteiger partial charge on any atom is 0.471 e. The van der Waals surface area contributed by atoms with Gasteiger partial charge in [-0.2, -0.15) is 26.3 Å². The van der Waals surface area contributed by atoms with Crippen LogP contribution in [0.5, 0.6) is 0 Å². The molecular weight excluding hydrogens is 460 g/mol. The molecule has 0 saturated carbocycles. The normalized spacial score (nSPS) is 12.1. The molecule has 0 radical (unpaired) electrons. The first-order chi connectivity index (χ1) is 15.3. The van der Waals surface area contributed by atoms with Crippen LogP contribution in [0.25, 0.3) is 0 Å². The topological polar surface area (TPSA) is 100 Å².